The van der Waals surface area contributed by atoms with Crippen LogP contribution in [0.3, 0.4) is 0 Å². The number of hydrogen-bond donors (Lipinski definition) is 0. The molecule has 0 N–H and O–H groups in total. The molecular weight excluding hydrogens is 395 g/mol. The van der Waals surface area contributed by atoms with E-state index in [1.807, 2.05) is 0 Å². The van der Waals surface area contributed by atoms with Crippen LogP contribution >= 0.6 is 0 Å². The number of rotatable bonds is 8. The summed E-state index contributed by atoms with van der Waals surface area (Å²) >= 11 is 0. The third-order valence-corrected chi connectivity index (χ3v) is 6.09. The summed E-state index contributed by atoms with van der Waals surface area (Å²) in [6.45, 7) is 0.0871. The quantitative estimate of drug-likeness (QED) is 0.561. The number of benzene rings is 2. The molecule has 29 heavy (non-hydrogen) atoms. The first-order chi connectivity index (χ1) is 13.9. The minimum Gasteiger partial charge on any atom is -0.493 e. The average Bonchev–Trinajstić information content (AvgIpc) is 2.74. The van der Waals surface area contributed by atoms with Gasteiger partial charge in [-0.15, -0.1) is 0 Å². The number of sulfonamides is 1. The predicted molar refractivity (Wildman–Crippen MR) is 107 cm³/mol. The van der Waals surface area contributed by atoms with E-state index in [0.29, 0.717) is 22.8 Å². The topological polar surface area (TPSA) is 68.7 Å². The number of hydrogen-bond acceptors (Lipinski definition) is 5. The fraction of sp³-hybridized carbons (Fsp3) is 0.190. The van der Waals surface area contributed by atoms with E-state index in [9.17, 15) is 12.8 Å². The summed E-state index contributed by atoms with van der Waals surface area (Å²) in [4.78, 5) is 4.10. The van der Waals surface area contributed by atoms with Crippen molar-refractivity contribution < 1.29 is 22.3 Å². The Hall–Kier alpha value is -2.97. The molecule has 0 amide bonds. The second-order valence-electron chi connectivity index (χ2n) is 6.24. The molecule has 3 aromatic rings. The summed E-state index contributed by atoms with van der Waals surface area (Å²) in [5, 5.41) is 0. The Morgan fingerprint density at radius 1 is 0.931 bits per heavy atom. The van der Waals surface area contributed by atoms with Gasteiger partial charge in [0.15, 0.2) is 11.5 Å². The van der Waals surface area contributed by atoms with Crippen LogP contribution in [0, 0.1) is 5.82 Å². The highest BCUT2D eigenvalue weighted by Gasteiger charge is 2.26. The second kappa shape index (κ2) is 9.02. The van der Waals surface area contributed by atoms with Crippen molar-refractivity contribution in [3.8, 4) is 11.5 Å². The standard InChI is InChI=1S/C21H21FN2O4S/c1-27-20-10-9-16(12-21(20)28-2)14-24(15-18-7-3-4-11-23-18)29(25,26)19-8-5-6-17(22)13-19/h3-13H,14-15H2,1-2H3. The van der Waals surface area contributed by atoms with E-state index in [1.54, 1.807) is 42.6 Å². The van der Waals surface area contributed by atoms with E-state index in [1.165, 1.54) is 36.7 Å². The van der Waals surface area contributed by atoms with E-state index < -0.39 is 15.8 Å². The minimum atomic E-state index is -3.97. The third-order valence-electron chi connectivity index (χ3n) is 4.31. The molecule has 6 nitrogen and oxygen atoms in total. The molecule has 0 aliphatic rings. The lowest BCUT2D eigenvalue weighted by Crippen LogP contribution is -2.30. The molecule has 0 radical (unpaired) electrons. The van der Waals surface area contributed by atoms with Gasteiger partial charge in [0.25, 0.3) is 0 Å². The second-order valence-corrected chi connectivity index (χ2v) is 8.18. The molecule has 0 saturated heterocycles. The van der Waals surface area contributed by atoms with E-state index in [-0.39, 0.29) is 18.0 Å². The van der Waals surface area contributed by atoms with E-state index in [2.05, 4.69) is 4.98 Å². The molecule has 0 saturated carbocycles. The van der Waals surface area contributed by atoms with E-state index in [0.717, 1.165) is 6.07 Å². The molecule has 0 unspecified atom stereocenters. The molecule has 8 heteroatoms. The molecule has 0 bridgehead atoms. The summed E-state index contributed by atoms with van der Waals surface area (Å²) in [5.74, 6) is 0.418. The molecule has 0 aliphatic heterocycles. The predicted octanol–water partition coefficient (Wildman–Crippen LogP) is 3.63. The molecule has 0 fully saturated rings. The number of nitrogens with zero attached hydrogens (tertiary/aromatic N) is 2. The van der Waals surface area contributed by atoms with Crippen LogP contribution < -0.4 is 9.47 Å². The molecule has 152 valence electrons. The Labute approximate surface area is 169 Å². The largest absolute Gasteiger partial charge is 0.493 e. The van der Waals surface area contributed by atoms with Gasteiger partial charge in [0.05, 0.1) is 31.4 Å². The van der Waals surface area contributed by atoms with E-state index in [4.69, 9.17) is 9.47 Å². The maximum Gasteiger partial charge on any atom is 0.243 e. The zero-order valence-corrected chi connectivity index (χ0v) is 16.9. The van der Waals surface area contributed by atoms with Crippen molar-refractivity contribution in [2.24, 2.45) is 0 Å². The van der Waals surface area contributed by atoms with Crippen LogP contribution in [0.4, 0.5) is 4.39 Å². The van der Waals surface area contributed by atoms with Gasteiger partial charge >= 0.3 is 0 Å². The van der Waals surface area contributed by atoms with Gasteiger partial charge in [-0.2, -0.15) is 4.31 Å². The highest BCUT2D eigenvalue weighted by molar-refractivity contribution is 7.89. The summed E-state index contributed by atoms with van der Waals surface area (Å²) < 4.78 is 52.0. The van der Waals surface area contributed by atoms with Crippen molar-refractivity contribution in [1.29, 1.82) is 0 Å². The van der Waals surface area contributed by atoms with Crippen molar-refractivity contribution in [1.82, 2.24) is 9.29 Å². The fourth-order valence-corrected chi connectivity index (χ4v) is 4.29. The number of methoxy groups -OCH3 is 2. The molecule has 1 heterocycles. The molecule has 3 rings (SSSR count). The molecular formula is C21H21FN2O4S. The molecule has 1 aromatic heterocycles. The smallest absolute Gasteiger partial charge is 0.243 e. The zero-order valence-electron chi connectivity index (χ0n) is 16.1. The fourth-order valence-electron chi connectivity index (χ4n) is 2.86. The maximum atomic E-state index is 13.7. The number of pyridine rings is 1. The molecule has 0 aliphatic carbocycles. The van der Waals surface area contributed by atoms with Crippen LogP contribution in [0.25, 0.3) is 0 Å². The number of ether oxygens (including phenoxy) is 2. The Balaban J connectivity index is 1.99. The number of halogens is 1. The Morgan fingerprint density at radius 3 is 2.38 bits per heavy atom. The van der Waals surface area contributed by atoms with Gasteiger partial charge in [-0.25, -0.2) is 12.8 Å². The Morgan fingerprint density at radius 2 is 1.72 bits per heavy atom. The van der Waals surface area contributed by atoms with Crippen LogP contribution in [0.1, 0.15) is 11.3 Å². The van der Waals surface area contributed by atoms with Gasteiger partial charge in [0, 0.05) is 12.7 Å². The van der Waals surface area contributed by atoms with Crippen LogP contribution in [0.2, 0.25) is 0 Å². The van der Waals surface area contributed by atoms with Gasteiger partial charge in [-0.05, 0) is 48.0 Å². The summed E-state index contributed by atoms with van der Waals surface area (Å²) in [7, 11) is -0.936. The lowest BCUT2D eigenvalue weighted by Gasteiger charge is -2.22. The highest BCUT2D eigenvalue weighted by atomic mass is 32.2. The normalized spacial score (nSPS) is 11.4. The van der Waals surface area contributed by atoms with Gasteiger partial charge in [-0.1, -0.05) is 18.2 Å². The SMILES string of the molecule is COc1ccc(CN(Cc2ccccn2)S(=O)(=O)c2cccc(F)c2)cc1OC. The molecule has 2 aromatic carbocycles. The summed E-state index contributed by atoms with van der Waals surface area (Å²) in [5.41, 5.74) is 1.27. The van der Waals surface area contributed by atoms with Crippen LogP contribution in [0.5, 0.6) is 11.5 Å². The van der Waals surface area contributed by atoms with Crippen LogP contribution in [-0.2, 0) is 23.1 Å². The highest BCUT2D eigenvalue weighted by Crippen LogP contribution is 2.29. The van der Waals surface area contributed by atoms with Crippen molar-refractivity contribution in [2.45, 2.75) is 18.0 Å². The Bertz CT molecular complexity index is 1080. The van der Waals surface area contributed by atoms with Crippen LogP contribution in [-0.4, -0.2) is 31.9 Å². The first kappa shape index (κ1) is 20.8. The monoisotopic (exact) mass is 416 g/mol. The van der Waals surface area contributed by atoms with Crippen molar-refractivity contribution in [2.75, 3.05) is 14.2 Å². The lowest BCUT2D eigenvalue weighted by atomic mass is 10.2. The third kappa shape index (κ3) is 4.90. The van der Waals surface area contributed by atoms with Gasteiger partial charge in [0.1, 0.15) is 5.82 Å². The van der Waals surface area contributed by atoms with Crippen LogP contribution in [0.15, 0.2) is 71.8 Å². The van der Waals surface area contributed by atoms with Gasteiger partial charge < -0.3 is 9.47 Å². The zero-order chi connectivity index (χ0) is 20.9. The van der Waals surface area contributed by atoms with Crippen molar-refractivity contribution in [3.63, 3.8) is 0 Å². The summed E-state index contributed by atoms with van der Waals surface area (Å²) in [6.07, 6.45) is 1.60. The summed E-state index contributed by atoms with van der Waals surface area (Å²) in [6, 6.07) is 15.4. The van der Waals surface area contributed by atoms with E-state index >= 15 is 0 Å². The first-order valence-electron chi connectivity index (χ1n) is 8.80. The molecule has 0 atom stereocenters. The van der Waals surface area contributed by atoms with Gasteiger partial charge in [-0.3, -0.25) is 4.98 Å². The lowest BCUT2D eigenvalue weighted by molar-refractivity contribution is 0.352. The number of aromatic nitrogens is 1. The van der Waals surface area contributed by atoms with Crippen molar-refractivity contribution in [3.05, 3.63) is 83.9 Å². The average molecular weight is 416 g/mol. The maximum absolute atomic E-state index is 13.7. The first-order valence-corrected chi connectivity index (χ1v) is 10.2. The van der Waals surface area contributed by atoms with Gasteiger partial charge in [0.2, 0.25) is 10.0 Å². The minimum absolute atomic E-state index is 0.0357. The molecule has 0 spiro atoms. The van der Waals surface area contributed by atoms with Crippen molar-refractivity contribution >= 4 is 10.0 Å². The Kier molecular flexibility index (Phi) is 6.46.